The van der Waals surface area contributed by atoms with E-state index in [1.165, 1.54) is 6.07 Å². The van der Waals surface area contributed by atoms with Crippen molar-refractivity contribution in [3.8, 4) is 0 Å². The molecule has 0 heterocycles. The minimum absolute atomic E-state index is 0.0372. The fraction of sp³-hybridized carbons (Fsp3) is 0.533. The highest BCUT2D eigenvalue weighted by molar-refractivity contribution is 5.97. The molecule has 106 valence electrons. The lowest BCUT2D eigenvalue weighted by Gasteiger charge is -2.17. The van der Waals surface area contributed by atoms with Crippen LogP contribution in [0.3, 0.4) is 0 Å². The number of carbonyl (C=O) groups excluding carboxylic acids is 1. The van der Waals surface area contributed by atoms with Crippen molar-refractivity contribution in [3.05, 3.63) is 34.9 Å². The van der Waals surface area contributed by atoms with Gasteiger partial charge in [0.2, 0.25) is 0 Å². The van der Waals surface area contributed by atoms with E-state index in [9.17, 15) is 18.0 Å². The van der Waals surface area contributed by atoms with Crippen molar-refractivity contribution in [3.63, 3.8) is 0 Å². The maximum Gasteiger partial charge on any atom is 0.416 e. The molecule has 1 nitrogen and oxygen atoms in total. The molecular formula is C15H19F3O. The first-order valence-corrected chi connectivity index (χ1v) is 6.22. The Labute approximate surface area is 111 Å². The third-order valence-electron chi connectivity index (χ3n) is 2.96. The van der Waals surface area contributed by atoms with Crippen LogP contribution < -0.4 is 0 Å². The quantitative estimate of drug-likeness (QED) is 0.706. The SMILES string of the molecule is Cc1cc(C(F)(F)F)ccc1C(=O)CCC(C)(C)C. The van der Waals surface area contributed by atoms with Crippen LogP contribution in [0.4, 0.5) is 13.2 Å². The van der Waals surface area contributed by atoms with Crippen LogP contribution in [0, 0.1) is 12.3 Å². The van der Waals surface area contributed by atoms with Crippen molar-refractivity contribution in [2.24, 2.45) is 5.41 Å². The summed E-state index contributed by atoms with van der Waals surface area (Å²) in [5.41, 5.74) is 0.0958. The number of halogens is 3. The highest BCUT2D eigenvalue weighted by Gasteiger charge is 2.31. The number of hydrogen-bond acceptors (Lipinski definition) is 1. The van der Waals surface area contributed by atoms with Crippen LogP contribution >= 0.6 is 0 Å². The molecule has 0 amide bonds. The minimum atomic E-state index is -4.36. The number of ketones is 1. The monoisotopic (exact) mass is 272 g/mol. The van der Waals surface area contributed by atoms with Crippen LogP contribution in [0.25, 0.3) is 0 Å². The standard InChI is InChI=1S/C15H19F3O/c1-10-9-11(15(16,17)18)5-6-12(10)13(19)7-8-14(2,3)4/h5-6,9H,7-8H2,1-4H3. The highest BCUT2D eigenvalue weighted by Crippen LogP contribution is 2.31. The van der Waals surface area contributed by atoms with E-state index in [-0.39, 0.29) is 11.2 Å². The number of alkyl halides is 3. The molecule has 0 N–H and O–H groups in total. The molecular weight excluding hydrogens is 253 g/mol. The normalized spacial score (nSPS) is 12.6. The molecule has 0 aliphatic rings. The van der Waals surface area contributed by atoms with E-state index in [0.717, 1.165) is 12.1 Å². The van der Waals surface area contributed by atoms with E-state index in [0.29, 0.717) is 24.0 Å². The van der Waals surface area contributed by atoms with Gasteiger partial charge in [0.25, 0.3) is 0 Å². The third kappa shape index (κ3) is 4.69. The van der Waals surface area contributed by atoms with E-state index in [1.807, 2.05) is 20.8 Å². The van der Waals surface area contributed by atoms with E-state index in [4.69, 9.17) is 0 Å². The molecule has 0 fully saturated rings. The molecule has 0 spiro atoms. The second-order valence-electron chi connectivity index (χ2n) is 6.01. The first-order chi connectivity index (χ1) is 8.50. The van der Waals surface area contributed by atoms with Gasteiger partial charge in [-0.15, -0.1) is 0 Å². The van der Waals surface area contributed by atoms with Gasteiger partial charge in [-0.25, -0.2) is 0 Å². The molecule has 1 aromatic rings. The molecule has 0 aliphatic carbocycles. The first kappa shape index (κ1) is 15.7. The van der Waals surface area contributed by atoms with Gasteiger partial charge in [-0.05, 0) is 36.5 Å². The van der Waals surface area contributed by atoms with Gasteiger partial charge in [0.1, 0.15) is 0 Å². The zero-order valence-electron chi connectivity index (χ0n) is 11.7. The molecule has 0 radical (unpaired) electrons. The van der Waals surface area contributed by atoms with E-state index >= 15 is 0 Å². The second kappa shape index (κ2) is 5.35. The maximum atomic E-state index is 12.5. The summed E-state index contributed by atoms with van der Waals surface area (Å²) in [4.78, 5) is 12.0. The lowest BCUT2D eigenvalue weighted by atomic mass is 9.88. The van der Waals surface area contributed by atoms with Gasteiger partial charge < -0.3 is 0 Å². The summed E-state index contributed by atoms with van der Waals surface area (Å²) >= 11 is 0. The Hall–Kier alpha value is -1.32. The molecule has 4 heteroatoms. The van der Waals surface area contributed by atoms with Gasteiger partial charge in [-0.1, -0.05) is 26.8 Å². The lowest BCUT2D eigenvalue weighted by Crippen LogP contribution is -2.11. The van der Waals surface area contributed by atoms with E-state index in [1.54, 1.807) is 6.92 Å². The van der Waals surface area contributed by atoms with E-state index in [2.05, 4.69) is 0 Å². The van der Waals surface area contributed by atoms with Crippen molar-refractivity contribution in [1.82, 2.24) is 0 Å². The van der Waals surface area contributed by atoms with Crippen LogP contribution in [0.1, 0.15) is 55.1 Å². The molecule has 1 rings (SSSR count). The average Bonchev–Trinajstić information content (AvgIpc) is 2.23. The topological polar surface area (TPSA) is 17.1 Å². The van der Waals surface area contributed by atoms with Crippen LogP contribution in [-0.2, 0) is 6.18 Å². The summed E-state index contributed by atoms with van der Waals surface area (Å²) in [5, 5.41) is 0. The van der Waals surface area contributed by atoms with Crippen LogP contribution in [0.2, 0.25) is 0 Å². The predicted octanol–water partition coefficient (Wildman–Crippen LogP) is 5.02. The molecule has 0 bridgehead atoms. The average molecular weight is 272 g/mol. The zero-order valence-corrected chi connectivity index (χ0v) is 11.7. The van der Waals surface area contributed by atoms with E-state index < -0.39 is 11.7 Å². The Morgan fingerprint density at radius 2 is 1.74 bits per heavy atom. The Kier molecular flexibility index (Phi) is 4.43. The van der Waals surface area contributed by atoms with Gasteiger partial charge in [-0.2, -0.15) is 13.2 Å². The summed E-state index contributed by atoms with van der Waals surface area (Å²) in [5.74, 6) is -0.0962. The maximum absolute atomic E-state index is 12.5. The Morgan fingerprint density at radius 1 is 1.16 bits per heavy atom. The molecule has 1 aromatic carbocycles. The van der Waals surface area contributed by atoms with Crippen molar-refractivity contribution < 1.29 is 18.0 Å². The number of aryl methyl sites for hydroxylation is 1. The minimum Gasteiger partial charge on any atom is -0.294 e. The predicted molar refractivity (Wildman–Crippen MR) is 69.2 cm³/mol. The number of Topliss-reactive ketones (excluding diaryl/α,β-unsaturated/α-hetero) is 1. The van der Waals surface area contributed by atoms with Gasteiger partial charge in [0.15, 0.2) is 5.78 Å². The molecule has 19 heavy (non-hydrogen) atoms. The molecule has 0 aromatic heterocycles. The van der Waals surface area contributed by atoms with Crippen molar-refractivity contribution >= 4 is 5.78 Å². The number of benzene rings is 1. The smallest absolute Gasteiger partial charge is 0.294 e. The number of rotatable bonds is 3. The molecule has 0 atom stereocenters. The second-order valence-corrected chi connectivity index (χ2v) is 6.01. The Balaban J connectivity index is 2.88. The van der Waals surface area contributed by atoms with Crippen LogP contribution in [-0.4, -0.2) is 5.78 Å². The summed E-state index contributed by atoms with van der Waals surface area (Å²) in [7, 11) is 0. The van der Waals surface area contributed by atoms with Crippen molar-refractivity contribution in [1.29, 1.82) is 0 Å². The van der Waals surface area contributed by atoms with Gasteiger partial charge >= 0.3 is 6.18 Å². The van der Waals surface area contributed by atoms with Crippen LogP contribution in [0.5, 0.6) is 0 Å². The Bertz CT molecular complexity index is 467. The molecule has 0 saturated carbocycles. The summed E-state index contributed by atoms with van der Waals surface area (Å²) < 4.78 is 37.6. The summed E-state index contributed by atoms with van der Waals surface area (Å²) in [6, 6.07) is 3.28. The lowest BCUT2D eigenvalue weighted by molar-refractivity contribution is -0.137. The molecule has 0 aliphatic heterocycles. The third-order valence-corrected chi connectivity index (χ3v) is 2.96. The fourth-order valence-electron chi connectivity index (χ4n) is 1.78. The zero-order chi connectivity index (χ0) is 14.8. The summed E-state index contributed by atoms with van der Waals surface area (Å²) in [6.45, 7) is 7.62. The van der Waals surface area contributed by atoms with Gasteiger partial charge in [-0.3, -0.25) is 4.79 Å². The van der Waals surface area contributed by atoms with Gasteiger partial charge in [0, 0.05) is 12.0 Å². The Morgan fingerprint density at radius 3 is 2.16 bits per heavy atom. The van der Waals surface area contributed by atoms with Crippen molar-refractivity contribution in [2.75, 3.05) is 0 Å². The first-order valence-electron chi connectivity index (χ1n) is 6.22. The number of carbonyl (C=O) groups is 1. The van der Waals surface area contributed by atoms with Gasteiger partial charge in [0.05, 0.1) is 5.56 Å². The largest absolute Gasteiger partial charge is 0.416 e. The summed E-state index contributed by atoms with van der Waals surface area (Å²) in [6.07, 6.45) is -3.29. The fourth-order valence-corrected chi connectivity index (χ4v) is 1.78. The van der Waals surface area contributed by atoms with Crippen LogP contribution in [0.15, 0.2) is 18.2 Å². The highest BCUT2D eigenvalue weighted by atomic mass is 19.4. The molecule has 0 unspecified atom stereocenters. The number of hydrogen-bond donors (Lipinski definition) is 0. The molecule has 0 saturated heterocycles. The van der Waals surface area contributed by atoms with Crippen molar-refractivity contribution in [2.45, 2.75) is 46.7 Å².